The molecule has 1 N–H and O–H groups in total. The first kappa shape index (κ1) is 14.3. The van der Waals surface area contributed by atoms with Crippen molar-refractivity contribution in [2.24, 2.45) is 0 Å². The van der Waals surface area contributed by atoms with E-state index in [9.17, 15) is 0 Å². The number of hydrogen-bond donors (Lipinski definition) is 1. The Morgan fingerprint density at radius 1 is 1.00 bits per heavy atom. The Labute approximate surface area is 113 Å². The quantitative estimate of drug-likeness (QED) is 0.811. The molecule has 0 bridgehead atoms. The lowest BCUT2D eigenvalue weighted by Gasteiger charge is -2.43. The summed E-state index contributed by atoms with van der Waals surface area (Å²) < 4.78 is 0. The predicted molar refractivity (Wildman–Crippen MR) is 78.0 cm³/mol. The Balaban J connectivity index is 1.83. The molecule has 0 aromatic rings. The van der Waals surface area contributed by atoms with Crippen LogP contribution in [0.5, 0.6) is 0 Å². The highest BCUT2D eigenvalue weighted by molar-refractivity contribution is 4.88. The Morgan fingerprint density at radius 3 is 2.28 bits per heavy atom. The van der Waals surface area contributed by atoms with Crippen LogP contribution in [0.2, 0.25) is 0 Å². The molecule has 2 atom stereocenters. The van der Waals surface area contributed by atoms with Crippen molar-refractivity contribution in [1.29, 1.82) is 0 Å². The number of rotatable bonds is 2. The van der Waals surface area contributed by atoms with E-state index in [2.05, 4.69) is 42.9 Å². The maximum absolute atomic E-state index is 3.80. The van der Waals surface area contributed by atoms with Gasteiger partial charge >= 0.3 is 0 Å². The summed E-state index contributed by atoms with van der Waals surface area (Å²) in [4.78, 5) is 5.18. The maximum atomic E-state index is 3.80. The third-order valence-electron chi connectivity index (χ3n) is 4.34. The van der Waals surface area contributed by atoms with E-state index >= 15 is 0 Å². The Morgan fingerprint density at radius 2 is 1.67 bits per heavy atom. The highest BCUT2D eigenvalue weighted by atomic mass is 15.3. The lowest BCUT2D eigenvalue weighted by Crippen LogP contribution is -2.53. The van der Waals surface area contributed by atoms with Gasteiger partial charge in [0.05, 0.1) is 0 Å². The van der Waals surface area contributed by atoms with Gasteiger partial charge in [-0.1, -0.05) is 6.42 Å². The maximum Gasteiger partial charge on any atom is 0.0113 e. The van der Waals surface area contributed by atoms with Crippen molar-refractivity contribution >= 4 is 0 Å². The molecule has 0 aromatic heterocycles. The van der Waals surface area contributed by atoms with E-state index in [1.807, 2.05) is 0 Å². The molecule has 106 valence electrons. The van der Waals surface area contributed by atoms with Gasteiger partial charge in [-0.05, 0) is 47.1 Å². The normalized spacial score (nSPS) is 32.7. The molecule has 1 aliphatic heterocycles. The van der Waals surface area contributed by atoms with Crippen LogP contribution in [-0.2, 0) is 0 Å². The van der Waals surface area contributed by atoms with Gasteiger partial charge in [-0.15, -0.1) is 0 Å². The number of likely N-dealkylation sites (N-methyl/N-ethyl adjacent to an activating group) is 1. The second-order valence-electron chi connectivity index (χ2n) is 7.25. The minimum absolute atomic E-state index is 0.259. The van der Waals surface area contributed by atoms with Crippen molar-refractivity contribution in [3.63, 3.8) is 0 Å². The second kappa shape index (κ2) is 5.89. The van der Waals surface area contributed by atoms with Gasteiger partial charge in [-0.2, -0.15) is 0 Å². The largest absolute Gasteiger partial charge is 0.309 e. The number of nitrogens with one attached hydrogen (secondary N) is 1. The molecule has 3 heteroatoms. The van der Waals surface area contributed by atoms with Crippen molar-refractivity contribution in [3.8, 4) is 0 Å². The highest BCUT2D eigenvalue weighted by Crippen LogP contribution is 2.25. The fraction of sp³-hybridized carbons (Fsp3) is 1.00. The van der Waals surface area contributed by atoms with Crippen molar-refractivity contribution in [3.05, 3.63) is 0 Å². The van der Waals surface area contributed by atoms with Crippen LogP contribution in [0.25, 0.3) is 0 Å². The molecule has 0 amide bonds. The minimum Gasteiger partial charge on any atom is -0.309 e. The molecule has 1 heterocycles. The topological polar surface area (TPSA) is 18.5 Å². The van der Waals surface area contributed by atoms with E-state index in [0.717, 1.165) is 12.1 Å². The smallest absolute Gasteiger partial charge is 0.0113 e. The molecule has 18 heavy (non-hydrogen) atoms. The van der Waals surface area contributed by atoms with Gasteiger partial charge < -0.3 is 10.2 Å². The van der Waals surface area contributed by atoms with E-state index in [0.29, 0.717) is 0 Å². The van der Waals surface area contributed by atoms with Crippen molar-refractivity contribution in [2.45, 2.75) is 64.1 Å². The predicted octanol–water partition coefficient (Wildman–Crippen LogP) is 1.93. The van der Waals surface area contributed by atoms with E-state index < -0.39 is 0 Å². The zero-order valence-corrected chi connectivity index (χ0v) is 12.7. The lowest BCUT2D eigenvalue weighted by molar-refractivity contribution is 0.0794. The summed E-state index contributed by atoms with van der Waals surface area (Å²) in [5.74, 6) is 0. The summed E-state index contributed by atoms with van der Waals surface area (Å²) >= 11 is 0. The Hall–Kier alpha value is -0.120. The first-order chi connectivity index (χ1) is 8.44. The van der Waals surface area contributed by atoms with Gasteiger partial charge in [0, 0.05) is 43.8 Å². The van der Waals surface area contributed by atoms with Crippen LogP contribution in [-0.4, -0.2) is 60.6 Å². The van der Waals surface area contributed by atoms with Crippen molar-refractivity contribution < 1.29 is 0 Å². The van der Waals surface area contributed by atoms with Crippen LogP contribution in [0.15, 0.2) is 0 Å². The summed E-state index contributed by atoms with van der Waals surface area (Å²) in [6.45, 7) is 11.9. The summed E-state index contributed by atoms with van der Waals surface area (Å²) in [6, 6.07) is 1.55. The average molecular weight is 253 g/mol. The molecule has 0 radical (unpaired) electrons. The van der Waals surface area contributed by atoms with Gasteiger partial charge in [0.25, 0.3) is 0 Å². The third kappa shape index (κ3) is 4.22. The van der Waals surface area contributed by atoms with Crippen molar-refractivity contribution in [2.75, 3.05) is 33.2 Å². The van der Waals surface area contributed by atoms with Gasteiger partial charge in [0.15, 0.2) is 0 Å². The fourth-order valence-corrected chi connectivity index (χ4v) is 3.43. The van der Waals surface area contributed by atoms with Crippen LogP contribution in [0.1, 0.15) is 46.5 Å². The standard InChI is InChI=1S/C15H31N3/c1-15(2,3)16-13-6-5-7-14(12-13)18-10-8-17(4)9-11-18/h13-14,16H,5-12H2,1-4H3/t13-,14-/m0/s1. The summed E-state index contributed by atoms with van der Waals surface area (Å²) in [5.41, 5.74) is 0.259. The zero-order chi connectivity index (χ0) is 13.2. The monoisotopic (exact) mass is 253 g/mol. The van der Waals surface area contributed by atoms with E-state index in [1.165, 1.54) is 51.9 Å². The fourth-order valence-electron chi connectivity index (χ4n) is 3.43. The molecule has 0 unspecified atom stereocenters. The summed E-state index contributed by atoms with van der Waals surface area (Å²) in [6.07, 6.45) is 5.51. The number of piperazine rings is 1. The first-order valence-electron chi connectivity index (χ1n) is 7.64. The summed E-state index contributed by atoms with van der Waals surface area (Å²) in [7, 11) is 2.24. The minimum atomic E-state index is 0.259. The Bertz CT molecular complexity index is 251. The van der Waals surface area contributed by atoms with E-state index in [4.69, 9.17) is 0 Å². The van der Waals surface area contributed by atoms with Gasteiger partial charge in [0.1, 0.15) is 0 Å². The number of nitrogens with zero attached hydrogens (tertiary/aromatic N) is 2. The molecule has 1 aliphatic carbocycles. The molecule has 1 saturated heterocycles. The Kier molecular flexibility index (Phi) is 4.68. The van der Waals surface area contributed by atoms with Crippen LogP contribution in [0.4, 0.5) is 0 Å². The molecule has 2 fully saturated rings. The third-order valence-corrected chi connectivity index (χ3v) is 4.34. The molecule has 2 aliphatic rings. The highest BCUT2D eigenvalue weighted by Gasteiger charge is 2.29. The zero-order valence-electron chi connectivity index (χ0n) is 12.7. The summed E-state index contributed by atoms with van der Waals surface area (Å²) in [5, 5.41) is 3.80. The first-order valence-corrected chi connectivity index (χ1v) is 7.64. The van der Waals surface area contributed by atoms with Gasteiger partial charge in [0.2, 0.25) is 0 Å². The molecule has 1 saturated carbocycles. The van der Waals surface area contributed by atoms with E-state index in [-0.39, 0.29) is 5.54 Å². The van der Waals surface area contributed by atoms with E-state index in [1.54, 1.807) is 0 Å². The van der Waals surface area contributed by atoms with Gasteiger partial charge in [-0.3, -0.25) is 4.90 Å². The molecular formula is C15H31N3. The molecule has 0 aromatic carbocycles. The molecular weight excluding hydrogens is 222 g/mol. The van der Waals surface area contributed by atoms with Crippen LogP contribution < -0.4 is 5.32 Å². The van der Waals surface area contributed by atoms with Crippen LogP contribution in [0.3, 0.4) is 0 Å². The van der Waals surface area contributed by atoms with Crippen LogP contribution in [0, 0.1) is 0 Å². The van der Waals surface area contributed by atoms with Crippen LogP contribution >= 0.6 is 0 Å². The number of hydrogen-bond acceptors (Lipinski definition) is 3. The lowest BCUT2D eigenvalue weighted by atomic mass is 9.88. The van der Waals surface area contributed by atoms with Crippen molar-refractivity contribution in [1.82, 2.24) is 15.1 Å². The second-order valence-corrected chi connectivity index (χ2v) is 7.25. The SMILES string of the molecule is CN1CCN([C@H]2CCC[C@H](NC(C)(C)C)C2)CC1. The molecule has 2 rings (SSSR count). The molecule has 3 nitrogen and oxygen atoms in total. The average Bonchev–Trinajstić information content (AvgIpc) is 2.28. The van der Waals surface area contributed by atoms with Gasteiger partial charge in [-0.25, -0.2) is 0 Å². The molecule has 0 spiro atoms.